The zero-order valence-corrected chi connectivity index (χ0v) is 26.8. The number of nitrogens with zero attached hydrogens (tertiary/aromatic N) is 3. The van der Waals surface area contributed by atoms with Crippen molar-refractivity contribution in [2.75, 3.05) is 13.1 Å². The van der Waals surface area contributed by atoms with Gasteiger partial charge in [-0.3, -0.25) is 14.2 Å². The molecule has 9 nitrogen and oxygen atoms in total. The number of likely N-dealkylation sites (tertiary alicyclic amines) is 1. The van der Waals surface area contributed by atoms with Gasteiger partial charge in [-0.2, -0.15) is 0 Å². The Morgan fingerprint density at radius 2 is 1.81 bits per heavy atom. The van der Waals surface area contributed by atoms with Crippen molar-refractivity contribution in [2.24, 2.45) is 17.3 Å². The van der Waals surface area contributed by atoms with E-state index in [0.717, 1.165) is 17.5 Å². The van der Waals surface area contributed by atoms with Crippen LogP contribution in [0.15, 0.2) is 41.5 Å². The minimum atomic E-state index is -1.16. The van der Waals surface area contributed by atoms with Crippen molar-refractivity contribution in [1.29, 1.82) is 0 Å². The van der Waals surface area contributed by atoms with Crippen LogP contribution in [0, 0.1) is 17.3 Å². The average Bonchev–Trinajstić information content (AvgIpc) is 2.94. The quantitative estimate of drug-likeness (QED) is 0.416. The summed E-state index contributed by atoms with van der Waals surface area (Å²) in [6, 6.07) is 8.94. The second-order valence-electron chi connectivity index (χ2n) is 14.4. The van der Waals surface area contributed by atoms with Crippen LogP contribution in [0.3, 0.4) is 0 Å². The van der Waals surface area contributed by atoms with Crippen LogP contribution in [0.25, 0.3) is 11.3 Å². The standard InChI is InChI=1S/C34H50N4O5/c1-24(18-25-10-8-7-9-11-25)30(40)37-17-16-34(42,33(5,6)21-37)22-38-23-36-28(19-29(38)39)27-14-12-26(13-15-27)20-35-31(41)43-32(2,3)4/h12-15,19,23-25,42H,7-11,16-18,20-22H2,1-6H3,(H,35,41)/t24-,34?/m1/s1. The maximum absolute atomic E-state index is 13.3. The van der Waals surface area contributed by atoms with E-state index in [-0.39, 0.29) is 23.9 Å². The van der Waals surface area contributed by atoms with E-state index >= 15 is 0 Å². The van der Waals surface area contributed by atoms with Crippen LogP contribution < -0.4 is 10.9 Å². The van der Waals surface area contributed by atoms with Crippen molar-refractivity contribution in [3.05, 3.63) is 52.6 Å². The molecule has 2 aromatic rings. The minimum absolute atomic E-state index is 0.0141. The summed E-state index contributed by atoms with van der Waals surface area (Å²) in [5, 5.41) is 14.5. The second-order valence-corrected chi connectivity index (χ2v) is 14.4. The average molecular weight is 595 g/mol. The third-order valence-electron chi connectivity index (χ3n) is 9.18. The lowest BCUT2D eigenvalue weighted by Gasteiger charge is -2.50. The van der Waals surface area contributed by atoms with Gasteiger partial charge in [-0.25, -0.2) is 9.78 Å². The smallest absolute Gasteiger partial charge is 0.407 e. The van der Waals surface area contributed by atoms with E-state index in [4.69, 9.17) is 4.74 Å². The van der Waals surface area contributed by atoms with Crippen molar-refractivity contribution in [3.63, 3.8) is 0 Å². The molecule has 2 aliphatic rings. The molecule has 1 aliphatic heterocycles. The maximum Gasteiger partial charge on any atom is 0.407 e. The zero-order valence-electron chi connectivity index (χ0n) is 26.8. The highest BCUT2D eigenvalue weighted by molar-refractivity contribution is 5.78. The zero-order chi connectivity index (χ0) is 31.4. The molecule has 43 heavy (non-hydrogen) atoms. The van der Waals surface area contributed by atoms with Crippen molar-refractivity contribution >= 4 is 12.0 Å². The third kappa shape index (κ3) is 8.46. The Kier molecular flexibility index (Phi) is 10.0. The van der Waals surface area contributed by atoms with Gasteiger partial charge in [0.1, 0.15) is 5.60 Å². The van der Waals surface area contributed by atoms with Crippen LogP contribution in [0.2, 0.25) is 0 Å². The van der Waals surface area contributed by atoms with Crippen molar-refractivity contribution < 1.29 is 19.4 Å². The molecule has 4 rings (SSSR count). The molecule has 1 aromatic carbocycles. The van der Waals surface area contributed by atoms with Crippen molar-refractivity contribution in [3.8, 4) is 11.3 Å². The second kappa shape index (κ2) is 13.2. The molecule has 2 N–H and O–H groups in total. The van der Waals surface area contributed by atoms with E-state index in [1.54, 1.807) is 0 Å². The van der Waals surface area contributed by atoms with E-state index in [1.807, 2.05) is 70.7 Å². The number of nitrogens with one attached hydrogen (secondary N) is 1. The molecule has 1 saturated carbocycles. The number of alkyl carbamates (subject to hydrolysis) is 1. The van der Waals surface area contributed by atoms with Gasteiger partial charge in [-0.05, 0) is 45.1 Å². The first-order valence-corrected chi connectivity index (χ1v) is 15.8. The van der Waals surface area contributed by atoms with E-state index in [1.165, 1.54) is 49.1 Å². The molecule has 2 heterocycles. The fourth-order valence-electron chi connectivity index (χ4n) is 6.44. The Hall–Kier alpha value is -3.20. The topological polar surface area (TPSA) is 114 Å². The van der Waals surface area contributed by atoms with Gasteiger partial charge in [0.25, 0.3) is 5.56 Å². The number of rotatable bonds is 8. The third-order valence-corrected chi connectivity index (χ3v) is 9.18. The molecule has 1 saturated heterocycles. The largest absolute Gasteiger partial charge is 0.444 e. The van der Waals surface area contributed by atoms with Crippen LogP contribution in [-0.4, -0.2) is 55.8 Å². The first-order valence-electron chi connectivity index (χ1n) is 15.8. The van der Waals surface area contributed by atoms with E-state index < -0.39 is 22.7 Å². The van der Waals surface area contributed by atoms with Gasteiger partial charge in [-0.15, -0.1) is 0 Å². The number of hydrogen-bond acceptors (Lipinski definition) is 6. The fraction of sp³-hybridized carbons (Fsp3) is 0.647. The molecule has 2 atom stereocenters. The normalized spacial score (nSPS) is 21.7. The summed E-state index contributed by atoms with van der Waals surface area (Å²) in [5.41, 5.74) is -0.373. The molecule has 9 heteroatoms. The van der Waals surface area contributed by atoms with Gasteiger partial charge in [-0.1, -0.05) is 77.1 Å². The van der Waals surface area contributed by atoms with E-state index in [9.17, 15) is 19.5 Å². The van der Waals surface area contributed by atoms with Crippen LogP contribution >= 0.6 is 0 Å². The Morgan fingerprint density at radius 3 is 2.42 bits per heavy atom. The SMILES string of the molecule is C[C@H](CC1CCCCC1)C(=O)N1CCC(O)(Cn2cnc(-c3ccc(CNC(=O)OC(C)(C)C)cc3)cc2=O)C(C)(C)C1. The molecule has 1 unspecified atom stereocenters. The fourth-order valence-corrected chi connectivity index (χ4v) is 6.44. The molecule has 2 fully saturated rings. The minimum Gasteiger partial charge on any atom is -0.444 e. The lowest BCUT2D eigenvalue weighted by molar-refractivity contribution is -0.157. The highest BCUT2D eigenvalue weighted by Crippen LogP contribution is 2.40. The number of aromatic nitrogens is 2. The van der Waals surface area contributed by atoms with Gasteiger partial charge in [0, 0.05) is 42.6 Å². The van der Waals surface area contributed by atoms with E-state index in [2.05, 4.69) is 10.3 Å². The number of benzene rings is 1. The van der Waals surface area contributed by atoms with Gasteiger partial charge >= 0.3 is 6.09 Å². The first-order chi connectivity index (χ1) is 20.2. The van der Waals surface area contributed by atoms with Gasteiger partial charge in [0.15, 0.2) is 0 Å². The maximum atomic E-state index is 13.3. The van der Waals surface area contributed by atoms with Crippen LogP contribution in [-0.2, 0) is 22.6 Å². The monoisotopic (exact) mass is 594 g/mol. The summed E-state index contributed by atoms with van der Waals surface area (Å²) >= 11 is 0. The van der Waals surface area contributed by atoms with Crippen LogP contribution in [0.1, 0.15) is 92.1 Å². The molecule has 236 valence electrons. The molecular weight excluding hydrogens is 544 g/mol. The number of amides is 2. The Morgan fingerprint density at radius 1 is 1.14 bits per heavy atom. The molecule has 0 spiro atoms. The summed E-state index contributed by atoms with van der Waals surface area (Å²) in [7, 11) is 0. The summed E-state index contributed by atoms with van der Waals surface area (Å²) < 4.78 is 6.74. The summed E-state index contributed by atoms with van der Waals surface area (Å²) in [5.74, 6) is 0.805. The number of aliphatic hydroxyl groups is 1. The number of carbonyl (C=O) groups excluding carboxylic acids is 2. The molecule has 0 radical (unpaired) electrons. The van der Waals surface area contributed by atoms with Crippen LogP contribution in [0.4, 0.5) is 4.79 Å². The Labute approximate surface area is 256 Å². The van der Waals surface area contributed by atoms with Crippen LogP contribution in [0.5, 0.6) is 0 Å². The number of ether oxygens (including phenoxy) is 1. The highest BCUT2D eigenvalue weighted by atomic mass is 16.6. The van der Waals surface area contributed by atoms with Gasteiger partial charge < -0.3 is 20.1 Å². The lowest BCUT2D eigenvalue weighted by atomic mass is 9.69. The number of hydrogen-bond donors (Lipinski definition) is 2. The van der Waals surface area contributed by atoms with E-state index in [0.29, 0.717) is 37.7 Å². The molecule has 0 bridgehead atoms. The molecule has 1 aliphatic carbocycles. The highest BCUT2D eigenvalue weighted by Gasteiger charge is 2.49. The molecular formula is C34H50N4O5. The predicted octanol–water partition coefficient (Wildman–Crippen LogP) is 5.53. The molecule has 2 amide bonds. The Balaban J connectivity index is 1.36. The molecule has 1 aromatic heterocycles. The lowest BCUT2D eigenvalue weighted by Crippen LogP contribution is -2.61. The first kappa shape index (κ1) is 32.7. The van der Waals surface area contributed by atoms with Crippen molar-refractivity contribution in [2.45, 2.75) is 111 Å². The summed E-state index contributed by atoms with van der Waals surface area (Å²) in [6.45, 7) is 12.8. The van der Waals surface area contributed by atoms with Gasteiger partial charge in [0.05, 0.1) is 24.2 Å². The predicted molar refractivity (Wildman–Crippen MR) is 167 cm³/mol. The van der Waals surface area contributed by atoms with Gasteiger partial charge in [0.2, 0.25) is 5.91 Å². The number of piperidine rings is 1. The summed E-state index contributed by atoms with van der Waals surface area (Å²) in [6.07, 6.45) is 8.65. The summed E-state index contributed by atoms with van der Waals surface area (Å²) in [4.78, 5) is 44.8. The number of carbonyl (C=O) groups is 2. The Bertz CT molecular complexity index is 1320. The van der Waals surface area contributed by atoms with Crippen molar-refractivity contribution in [1.82, 2.24) is 19.8 Å².